The van der Waals surface area contributed by atoms with Gasteiger partial charge < -0.3 is 10.6 Å². The Hall–Kier alpha value is -3.29. The maximum absolute atomic E-state index is 12.2. The van der Waals surface area contributed by atoms with Gasteiger partial charge in [-0.1, -0.05) is 60.7 Å². The molecule has 0 unspecified atom stereocenters. The number of allylic oxidation sites excluding steroid dienone is 4. The van der Waals surface area contributed by atoms with Gasteiger partial charge >= 0.3 is 0 Å². The standard InChI is InChI=1S/C27H30N2O4.Co/c1-19(14-24(30)16-26(32)22-10-6-4-7-11-22)28-18-21(3)29-20(2)15-25(31)17-27(33)23-12-8-5-9-13-23;/h4-15,21,28-29H,16-18H2,1-3H3;/b19-14-,20-15-;/t21-;/m0./s1. The zero-order valence-electron chi connectivity index (χ0n) is 19.6. The summed E-state index contributed by atoms with van der Waals surface area (Å²) in [4.78, 5) is 48.6. The second-order valence-corrected chi connectivity index (χ2v) is 7.95. The van der Waals surface area contributed by atoms with E-state index < -0.39 is 0 Å². The zero-order chi connectivity index (χ0) is 24.2. The molecule has 0 aliphatic heterocycles. The van der Waals surface area contributed by atoms with E-state index in [1.165, 1.54) is 12.2 Å². The van der Waals surface area contributed by atoms with Gasteiger partial charge in [0.15, 0.2) is 23.1 Å². The quantitative estimate of drug-likeness (QED) is 0.243. The van der Waals surface area contributed by atoms with E-state index in [2.05, 4.69) is 10.6 Å². The molecule has 181 valence electrons. The normalized spacial score (nSPS) is 12.2. The number of nitrogens with one attached hydrogen (secondary N) is 2. The molecule has 1 radical (unpaired) electrons. The van der Waals surface area contributed by atoms with Gasteiger partial charge in [-0.25, -0.2) is 0 Å². The minimum Gasteiger partial charge on any atom is -0.386 e. The van der Waals surface area contributed by atoms with Crippen molar-refractivity contribution in [1.29, 1.82) is 0 Å². The third-order valence-corrected chi connectivity index (χ3v) is 4.78. The number of carbonyl (C=O) groups is 4. The number of Topliss-reactive ketones (excluding diaryl/α,β-unsaturated/α-hetero) is 2. The average molecular weight is 505 g/mol. The molecular formula is C27H30CoN2O4. The van der Waals surface area contributed by atoms with Gasteiger partial charge in [-0.3, -0.25) is 19.2 Å². The number of carbonyl (C=O) groups excluding carboxylic acids is 4. The minimum absolute atomic E-state index is 0. The van der Waals surface area contributed by atoms with Crippen molar-refractivity contribution in [2.24, 2.45) is 0 Å². The largest absolute Gasteiger partial charge is 0.386 e. The molecule has 0 fully saturated rings. The monoisotopic (exact) mass is 505 g/mol. The summed E-state index contributed by atoms with van der Waals surface area (Å²) < 4.78 is 0. The Morgan fingerprint density at radius 3 is 1.59 bits per heavy atom. The van der Waals surface area contributed by atoms with Crippen LogP contribution in [0.4, 0.5) is 0 Å². The first kappa shape index (κ1) is 28.7. The molecule has 0 spiro atoms. The van der Waals surface area contributed by atoms with Gasteiger partial charge in [-0.05, 0) is 20.8 Å². The number of hydrogen-bond acceptors (Lipinski definition) is 6. The molecular weight excluding hydrogens is 475 g/mol. The van der Waals surface area contributed by atoms with Crippen LogP contribution in [0.25, 0.3) is 0 Å². The molecule has 0 heterocycles. The first-order valence-corrected chi connectivity index (χ1v) is 10.8. The van der Waals surface area contributed by atoms with Gasteiger partial charge in [0.1, 0.15) is 0 Å². The first-order chi connectivity index (χ1) is 15.7. The molecule has 2 rings (SSSR count). The molecule has 6 nitrogen and oxygen atoms in total. The molecule has 1 atom stereocenters. The summed E-state index contributed by atoms with van der Waals surface area (Å²) in [5.41, 5.74) is 2.34. The molecule has 0 saturated heterocycles. The van der Waals surface area contributed by atoms with Crippen LogP contribution >= 0.6 is 0 Å². The van der Waals surface area contributed by atoms with Crippen LogP contribution in [0.5, 0.6) is 0 Å². The van der Waals surface area contributed by atoms with E-state index >= 15 is 0 Å². The van der Waals surface area contributed by atoms with Crippen LogP contribution in [-0.4, -0.2) is 35.7 Å². The Labute approximate surface area is 211 Å². The van der Waals surface area contributed by atoms with Crippen molar-refractivity contribution in [2.45, 2.75) is 39.7 Å². The number of benzene rings is 2. The molecule has 2 aromatic carbocycles. The van der Waals surface area contributed by atoms with E-state index in [1.54, 1.807) is 62.4 Å². The second-order valence-electron chi connectivity index (χ2n) is 7.95. The van der Waals surface area contributed by atoms with Gasteiger partial charge in [0.25, 0.3) is 0 Å². The molecule has 7 heteroatoms. The van der Waals surface area contributed by atoms with Crippen LogP contribution < -0.4 is 10.6 Å². The summed E-state index contributed by atoms with van der Waals surface area (Å²) in [5.74, 6) is -0.954. The van der Waals surface area contributed by atoms with Crippen molar-refractivity contribution in [3.8, 4) is 0 Å². The van der Waals surface area contributed by atoms with E-state index in [1.807, 2.05) is 19.1 Å². The van der Waals surface area contributed by atoms with Crippen molar-refractivity contribution in [3.05, 3.63) is 95.3 Å². The Morgan fingerprint density at radius 2 is 1.15 bits per heavy atom. The molecule has 2 N–H and O–H groups in total. The second kappa shape index (κ2) is 14.8. The topological polar surface area (TPSA) is 92.3 Å². The molecule has 0 bridgehead atoms. The van der Waals surface area contributed by atoms with E-state index in [9.17, 15) is 19.2 Å². The first-order valence-electron chi connectivity index (χ1n) is 10.8. The van der Waals surface area contributed by atoms with Crippen LogP contribution in [0.15, 0.2) is 84.2 Å². The molecule has 0 amide bonds. The van der Waals surface area contributed by atoms with Crippen molar-refractivity contribution in [1.82, 2.24) is 10.6 Å². The molecule has 0 aromatic heterocycles. The summed E-state index contributed by atoms with van der Waals surface area (Å²) in [5, 5.41) is 6.33. The summed E-state index contributed by atoms with van der Waals surface area (Å²) in [6, 6.07) is 17.4. The van der Waals surface area contributed by atoms with E-state index in [0.717, 1.165) is 0 Å². The van der Waals surface area contributed by atoms with Crippen LogP contribution in [0.1, 0.15) is 54.3 Å². The van der Waals surface area contributed by atoms with Gasteiger partial charge in [0.2, 0.25) is 0 Å². The van der Waals surface area contributed by atoms with E-state index in [4.69, 9.17) is 0 Å². The third-order valence-electron chi connectivity index (χ3n) is 4.78. The minimum atomic E-state index is -0.265. The predicted molar refractivity (Wildman–Crippen MR) is 129 cm³/mol. The maximum Gasteiger partial charge on any atom is 0.170 e. The fraction of sp³-hybridized carbons (Fsp3) is 0.259. The Morgan fingerprint density at radius 1 is 0.735 bits per heavy atom. The Balaban J connectivity index is 0.00000578. The average Bonchev–Trinajstić information content (AvgIpc) is 2.78. The predicted octanol–water partition coefficient (Wildman–Crippen LogP) is 4.04. The Bertz CT molecular complexity index is 1050. The number of ketones is 4. The number of hydrogen-bond donors (Lipinski definition) is 2. The van der Waals surface area contributed by atoms with Crippen LogP contribution in [0.3, 0.4) is 0 Å². The summed E-state index contributed by atoms with van der Waals surface area (Å²) in [6.07, 6.45) is 2.50. The van der Waals surface area contributed by atoms with Crippen LogP contribution in [0, 0.1) is 0 Å². The Kier molecular flexibility index (Phi) is 12.5. The van der Waals surface area contributed by atoms with Gasteiger partial charge in [0, 0.05) is 64.0 Å². The summed E-state index contributed by atoms with van der Waals surface area (Å²) in [6.45, 7) is 5.96. The van der Waals surface area contributed by atoms with Gasteiger partial charge in [-0.2, -0.15) is 0 Å². The van der Waals surface area contributed by atoms with Gasteiger partial charge in [0.05, 0.1) is 12.8 Å². The van der Waals surface area contributed by atoms with Crippen LogP contribution in [-0.2, 0) is 26.4 Å². The summed E-state index contributed by atoms with van der Waals surface area (Å²) in [7, 11) is 0. The maximum atomic E-state index is 12.2. The van der Waals surface area contributed by atoms with Crippen molar-refractivity contribution in [3.63, 3.8) is 0 Å². The smallest absolute Gasteiger partial charge is 0.170 e. The third kappa shape index (κ3) is 10.5. The molecule has 0 saturated carbocycles. The van der Waals surface area contributed by atoms with E-state index in [-0.39, 0.29) is 58.8 Å². The van der Waals surface area contributed by atoms with Crippen LogP contribution in [0.2, 0.25) is 0 Å². The zero-order valence-corrected chi connectivity index (χ0v) is 20.6. The fourth-order valence-electron chi connectivity index (χ4n) is 3.20. The molecule has 2 aromatic rings. The molecule has 0 aliphatic rings. The number of rotatable bonds is 13. The van der Waals surface area contributed by atoms with Crippen molar-refractivity contribution in [2.75, 3.05) is 6.54 Å². The van der Waals surface area contributed by atoms with Crippen molar-refractivity contribution >= 4 is 23.1 Å². The van der Waals surface area contributed by atoms with Gasteiger partial charge in [-0.15, -0.1) is 0 Å². The van der Waals surface area contributed by atoms with Crippen molar-refractivity contribution < 1.29 is 36.0 Å². The SMILES string of the molecule is C/C(=C/C(=O)CC(=O)c1ccccc1)NC[C@H](C)N/C(C)=C\C(=O)CC(=O)c1ccccc1.[Co]. The summed E-state index contributed by atoms with van der Waals surface area (Å²) >= 11 is 0. The molecule has 0 aliphatic carbocycles. The van der Waals surface area contributed by atoms with E-state index in [0.29, 0.717) is 29.1 Å². The molecule has 34 heavy (non-hydrogen) atoms. The fourth-order valence-corrected chi connectivity index (χ4v) is 3.20.